The second-order valence-electron chi connectivity index (χ2n) is 2.13. The minimum Gasteiger partial charge on any atom is -0.330 e. The van der Waals surface area contributed by atoms with Crippen LogP contribution in [0.2, 0.25) is 0 Å². The number of hydrogen-bond donors (Lipinski definition) is 0. The second kappa shape index (κ2) is 3.15. The van der Waals surface area contributed by atoms with Crippen molar-refractivity contribution in [3.05, 3.63) is 18.7 Å². The summed E-state index contributed by atoms with van der Waals surface area (Å²) < 4.78 is 1.77. The molecule has 0 saturated heterocycles. The highest BCUT2D eigenvalue weighted by Crippen LogP contribution is 1.89. The number of Topliss-reactive ketones (excluding diaryl/α,β-unsaturated/α-hetero) is 1. The number of imidazole rings is 1. The summed E-state index contributed by atoms with van der Waals surface area (Å²) in [5.41, 5.74) is 0. The molecule has 0 aliphatic rings. The molecule has 10 heavy (non-hydrogen) atoms. The van der Waals surface area contributed by atoms with Gasteiger partial charge in [-0.2, -0.15) is 0 Å². The van der Waals surface area contributed by atoms with Crippen molar-refractivity contribution in [3.8, 4) is 0 Å². The van der Waals surface area contributed by atoms with Gasteiger partial charge in [-0.1, -0.05) is 6.92 Å². The van der Waals surface area contributed by atoms with E-state index in [9.17, 15) is 4.79 Å². The quantitative estimate of drug-likeness (QED) is 0.621. The van der Waals surface area contributed by atoms with Gasteiger partial charge in [-0.3, -0.25) is 4.79 Å². The van der Waals surface area contributed by atoms with Crippen LogP contribution in [-0.4, -0.2) is 15.3 Å². The van der Waals surface area contributed by atoms with Crippen LogP contribution < -0.4 is 0 Å². The Morgan fingerprint density at radius 1 is 1.70 bits per heavy atom. The zero-order chi connectivity index (χ0) is 7.40. The number of carbonyl (C=O) groups is 1. The highest BCUT2D eigenvalue weighted by molar-refractivity contribution is 5.77. The topological polar surface area (TPSA) is 34.9 Å². The molecule has 0 spiro atoms. The summed E-state index contributed by atoms with van der Waals surface area (Å²) in [5, 5.41) is 0. The largest absolute Gasteiger partial charge is 0.330 e. The predicted molar refractivity (Wildman–Crippen MR) is 37.5 cm³/mol. The fourth-order valence-electron chi connectivity index (χ4n) is 0.696. The van der Waals surface area contributed by atoms with Crippen molar-refractivity contribution in [1.82, 2.24) is 9.55 Å². The van der Waals surface area contributed by atoms with Crippen LogP contribution in [0.25, 0.3) is 0 Å². The first-order valence-corrected chi connectivity index (χ1v) is 3.30. The number of carbonyl (C=O) groups excluding carboxylic acids is 1. The molecule has 54 valence electrons. The van der Waals surface area contributed by atoms with Gasteiger partial charge in [0.2, 0.25) is 0 Å². The minimum absolute atomic E-state index is 0.234. The predicted octanol–water partition coefficient (Wildman–Crippen LogP) is 0.862. The summed E-state index contributed by atoms with van der Waals surface area (Å²) in [6, 6.07) is 0. The van der Waals surface area contributed by atoms with E-state index in [1.807, 2.05) is 6.92 Å². The molecule has 0 N–H and O–H groups in total. The Labute approximate surface area is 59.7 Å². The summed E-state index contributed by atoms with van der Waals surface area (Å²) in [7, 11) is 0. The average molecular weight is 138 g/mol. The Hall–Kier alpha value is -1.12. The summed E-state index contributed by atoms with van der Waals surface area (Å²) >= 11 is 0. The van der Waals surface area contributed by atoms with Gasteiger partial charge in [-0.15, -0.1) is 0 Å². The van der Waals surface area contributed by atoms with E-state index < -0.39 is 0 Å². The van der Waals surface area contributed by atoms with Gasteiger partial charge in [0.15, 0.2) is 5.78 Å². The lowest BCUT2D eigenvalue weighted by atomic mass is 10.3. The summed E-state index contributed by atoms with van der Waals surface area (Å²) in [6.07, 6.45) is 5.70. The molecule has 1 heterocycles. The second-order valence-corrected chi connectivity index (χ2v) is 2.13. The molecule has 1 aromatic rings. The third-order valence-corrected chi connectivity index (χ3v) is 1.31. The molecule has 0 fully saturated rings. The smallest absolute Gasteiger partial charge is 0.152 e. The lowest BCUT2D eigenvalue weighted by molar-refractivity contribution is -0.119. The number of nitrogens with zero attached hydrogens (tertiary/aromatic N) is 2. The van der Waals surface area contributed by atoms with Crippen LogP contribution in [0.4, 0.5) is 0 Å². The van der Waals surface area contributed by atoms with Gasteiger partial charge in [-0.05, 0) is 0 Å². The summed E-state index contributed by atoms with van der Waals surface area (Å²) in [6.45, 7) is 2.32. The highest BCUT2D eigenvalue weighted by atomic mass is 16.1. The van der Waals surface area contributed by atoms with Gasteiger partial charge in [-0.25, -0.2) is 4.98 Å². The zero-order valence-electron chi connectivity index (χ0n) is 5.95. The lowest BCUT2D eigenvalue weighted by Gasteiger charge is -1.96. The molecule has 3 heteroatoms. The standard InChI is InChI=1S/C7H10N2O/c1-2-7(10)5-9-4-3-8-6-9/h3-4,6H,2,5H2,1H3. The maximum absolute atomic E-state index is 10.8. The molecule has 0 aromatic carbocycles. The van der Waals surface area contributed by atoms with Crippen LogP contribution in [-0.2, 0) is 11.3 Å². The Balaban J connectivity index is 2.48. The number of hydrogen-bond acceptors (Lipinski definition) is 2. The highest BCUT2D eigenvalue weighted by Gasteiger charge is 1.96. The molecule has 0 atom stereocenters. The van der Waals surface area contributed by atoms with Crippen molar-refractivity contribution >= 4 is 5.78 Å². The van der Waals surface area contributed by atoms with E-state index in [1.165, 1.54) is 0 Å². The van der Waals surface area contributed by atoms with Gasteiger partial charge in [0, 0.05) is 18.8 Å². The number of aromatic nitrogens is 2. The number of ketones is 1. The molecular weight excluding hydrogens is 128 g/mol. The van der Waals surface area contributed by atoms with Crippen LogP contribution in [0.5, 0.6) is 0 Å². The molecule has 1 rings (SSSR count). The van der Waals surface area contributed by atoms with Gasteiger partial charge >= 0.3 is 0 Å². The Morgan fingerprint density at radius 2 is 2.50 bits per heavy atom. The fraction of sp³-hybridized carbons (Fsp3) is 0.429. The lowest BCUT2D eigenvalue weighted by Crippen LogP contribution is -2.06. The maximum Gasteiger partial charge on any atom is 0.152 e. The van der Waals surface area contributed by atoms with E-state index in [1.54, 1.807) is 23.3 Å². The van der Waals surface area contributed by atoms with Crippen molar-refractivity contribution in [2.45, 2.75) is 19.9 Å². The molecular formula is C7H10N2O. The third kappa shape index (κ3) is 1.69. The van der Waals surface area contributed by atoms with Crippen molar-refractivity contribution in [2.75, 3.05) is 0 Å². The van der Waals surface area contributed by atoms with Crippen LogP contribution in [0.3, 0.4) is 0 Å². The van der Waals surface area contributed by atoms with Crippen LogP contribution in [0.1, 0.15) is 13.3 Å². The molecule has 0 amide bonds. The van der Waals surface area contributed by atoms with Crippen molar-refractivity contribution in [3.63, 3.8) is 0 Å². The van der Waals surface area contributed by atoms with Crippen molar-refractivity contribution in [2.24, 2.45) is 0 Å². The van der Waals surface area contributed by atoms with E-state index >= 15 is 0 Å². The molecule has 0 bridgehead atoms. The van der Waals surface area contributed by atoms with Gasteiger partial charge in [0.25, 0.3) is 0 Å². The summed E-state index contributed by atoms with van der Waals surface area (Å²) in [5.74, 6) is 0.234. The SMILES string of the molecule is CCC(=O)Cn1ccnc1. The fourth-order valence-corrected chi connectivity index (χ4v) is 0.696. The normalized spacial score (nSPS) is 9.70. The van der Waals surface area contributed by atoms with E-state index in [0.717, 1.165) is 0 Å². The first-order chi connectivity index (χ1) is 4.83. The van der Waals surface area contributed by atoms with E-state index in [-0.39, 0.29) is 5.78 Å². The molecule has 0 saturated carbocycles. The molecule has 1 aromatic heterocycles. The van der Waals surface area contributed by atoms with Crippen LogP contribution in [0, 0.1) is 0 Å². The monoisotopic (exact) mass is 138 g/mol. The first-order valence-electron chi connectivity index (χ1n) is 3.30. The van der Waals surface area contributed by atoms with E-state index in [0.29, 0.717) is 13.0 Å². The minimum atomic E-state index is 0.234. The third-order valence-electron chi connectivity index (χ3n) is 1.31. The van der Waals surface area contributed by atoms with Gasteiger partial charge in [0.1, 0.15) is 0 Å². The zero-order valence-corrected chi connectivity index (χ0v) is 5.95. The molecule has 0 radical (unpaired) electrons. The summed E-state index contributed by atoms with van der Waals surface area (Å²) in [4.78, 5) is 14.7. The Kier molecular flexibility index (Phi) is 2.20. The van der Waals surface area contributed by atoms with E-state index in [2.05, 4.69) is 4.98 Å². The van der Waals surface area contributed by atoms with Crippen LogP contribution in [0.15, 0.2) is 18.7 Å². The molecule has 0 aliphatic heterocycles. The Bertz CT molecular complexity index is 203. The molecule has 3 nitrogen and oxygen atoms in total. The number of rotatable bonds is 3. The van der Waals surface area contributed by atoms with Crippen molar-refractivity contribution < 1.29 is 4.79 Å². The Morgan fingerprint density at radius 3 is 3.00 bits per heavy atom. The first kappa shape index (κ1) is 6.99. The molecule has 0 unspecified atom stereocenters. The maximum atomic E-state index is 10.8. The average Bonchev–Trinajstić information content (AvgIpc) is 2.40. The van der Waals surface area contributed by atoms with Crippen LogP contribution >= 0.6 is 0 Å². The van der Waals surface area contributed by atoms with E-state index in [4.69, 9.17) is 0 Å². The van der Waals surface area contributed by atoms with Gasteiger partial charge in [0.05, 0.1) is 12.9 Å². The van der Waals surface area contributed by atoms with Crippen molar-refractivity contribution in [1.29, 1.82) is 0 Å². The van der Waals surface area contributed by atoms with Gasteiger partial charge < -0.3 is 4.57 Å². The molecule has 0 aliphatic carbocycles.